The van der Waals surface area contributed by atoms with Gasteiger partial charge in [-0.3, -0.25) is 5.01 Å². The topological polar surface area (TPSA) is 66.4 Å². The van der Waals surface area contributed by atoms with Gasteiger partial charge in [0.1, 0.15) is 11.6 Å². The number of alkyl halides is 12. The van der Waals surface area contributed by atoms with E-state index in [1.54, 1.807) is 0 Å². The molecular weight excluding hydrogens is 649 g/mol. The summed E-state index contributed by atoms with van der Waals surface area (Å²) in [5, 5.41) is -0.450. The quantitative estimate of drug-likeness (QED) is 0.343. The maximum atomic E-state index is 14.0. The Morgan fingerprint density at radius 2 is 1.36 bits per heavy atom. The van der Waals surface area contributed by atoms with Crippen molar-refractivity contribution in [2.75, 3.05) is 5.01 Å². The minimum Gasteiger partial charge on any atom is -0.406 e. The van der Waals surface area contributed by atoms with Crippen LogP contribution in [0.5, 0.6) is 5.75 Å². The lowest BCUT2D eigenvalue weighted by Gasteiger charge is -2.35. The van der Waals surface area contributed by atoms with Crippen LogP contribution in [0, 0.1) is 0 Å². The van der Waals surface area contributed by atoms with Crippen LogP contribution in [0.15, 0.2) is 57.8 Å². The average Bonchev–Trinajstić information content (AvgIpc) is 3.08. The van der Waals surface area contributed by atoms with Crippen molar-refractivity contribution in [2.24, 2.45) is 15.7 Å². The van der Waals surface area contributed by atoms with Crippen molar-refractivity contribution in [3.05, 3.63) is 69.0 Å². The number of hydrazine groups is 1. The third-order valence-corrected chi connectivity index (χ3v) is 6.17. The van der Waals surface area contributed by atoms with E-state index in [2.05, 4.69) is 14.7 Å². The van der Waals surface area contributed by atoms with E-state index in [-0.39, 0.29) is 5.56 Å². The van der Waals surface area contributed by atoms with Crippen LogP contribution in [-0.2, 0) is 12.7 Å². The molecule has 20 heteroatoms. The van der Waals surface area contributed by atoms with Crippen molar-refractivity contribution in [1.82, 2.24) is 5.01 Å². The lowest BCUT2D eigenvalue weighted by Crippen LogP contribution is -2.46. The van der Waals surface area contributed by atoms with Gasteiger partial charge in [-0.15, -0.1) is 13.2 Å². The number of anilines is 1. The maximum Gasteiger partial charge on any atom is 0.573 e. The van der Waals surface area contributed by atoms with Gasteiger partial charge in [-0.2, -0.15) is 44.5 Å². The molecule has 0 fully saturated rings. The van der Waals surface area contributed by atoms with E-state index in [4.69, 9.17) is 28.9 Å². The fraction of sp³-hybridized carbons (Fsp3) is 0.273. The minimum atomic E-state index is -5.53. The van der Waals surface area contributed by atoms with Gasteiger partial charge in [0, 0.05) is 6.54 Å². The summed E-state index contributed by atoms with van der Waals surface area (Å²) in [5.74, 6) is -3.90. The van der Waals surface area contributed by atoms with Gasteiger partial charge in [0.05, 0.1) is 26.9 Å². The molecule has 2 aromatic carbocycles. The summed E-state index contributed by atoms with van der Waals surface area (Å²) in [4.78, 5) is 5.89. The first kappa shape index (κ1) is 31.6. The number of benzene rings is 2. The molecule has 0 aliphatic carbocycles. The summed E-state index contributed by atoms with van der Waals surface area (Å²) in [6, 6.07) is 4.28. The third-order valence-electron chi connectivity index (χ3n) is 5.60. The van der Waals surface area contributed by atoms with Crippen LogP contribution in [-0.4, -0.2) is 41.4 Å². The summed E-state index contributed by atoms with van der Waals surface area (Å²) in [6.07, 6.45) is -23.3. The Balaban J connectivity index is 1.90. The first-order valence-electron chi connectivity index (χ1n) is 10.9. The van der Waals surface area contributed by atoms with Crippen molar-refractivity contribution in [1.29, 1.82) is 0 Å². The van der Waals surface area contributed by atoms with Gasteiger partial charge >= 0.3 is 24.9 Å². The van der Waals surface area contributed by atoms with Gasteiger partial charge in [0.2, 0.25) is 5.84 Å². The lowest BCUT2D eigenvalue weighted by atomic mass is 10.1. The molecule has 6 nitrogen and oxygen atoms in total. The van der Waals surface area contributed by atoms with E-state index in [1.165, 1.54) is 0 Å². The molecule has 0 saturated carbocycles. The molecule has 4 rings (SSSR count). The van der Waals surface area contributed by atoms with Gasteiger partial charge in [0.15, 0.2) is 11.9 Å². The van der Waals surface area contributed by atoms with Crippen LogP contribution >= 0.6 is 23.2 Å². The highest BCUT2D eigenvalue weighted by molar-refractivity contribution is 6.39. The van der Waals surface area contributed by atoms with Gasteiger partial charge in [-0.25, -0.2) is 9.98 Å². The van der Waals surface area contributed by atoms with Crippen LogP contribution in [0.4, 0.5) is 58.4 Å². The normalized spacial score (nSPS) is 18.7. The van der Waals surface area contributed by atoms with Gasteiger partial charge in [-0.05, 0) is 29.8 Å². The first-order chi connectivity index (χ1) is 19.1. The number of nitrogens with two attached hydrogens (primary N) is 1. The molecule has 2 aromatic rings. The molecule has 2 N–H and O–H groups in total. The number of ether oxygens (including phenoxy) is 1. The number of fused-ring (bicyclic) bond motifs is 1. The zero-order chi connectivity index (χ0) is 31.6. The van der Waals surface area contributed by atoms with Crippen LogP contribution in [0.3, 0.4) is 0 Å². The molecule has 1 unspecified atom stereocenters. The summed E-state index contributed by atoms with van der Waals surface area (Å²) < 4.78 is 164. The highest BCUT2D eigenvalue weighted by Gasteiger charge is 2.54. The summed E-state index contributed by atoms with van der Waals surface area (Å²) in [7, 11) is 0. The SMILES string of the molecule is NC1=C2C(C(F)(F)F)=NC(C(F)(F)F)=NC2N(Cc2ccc(OC(F)(F)F)cc2)N1c1c(Cl)cc(C(F)(F)F)cc1Cl. The molecule has 0 spiro atoms. The Labute approximate surface area is 236 Å². The second-order valence-electron chi connectivity index (χ2n) is 8.47. The molecule has 2 aliphatic rings. The molecule has 0 amide bonds. The molecule has 2 heterocycles. The molecule has 228 valence electrons. The molecular formula is C22H11Cl2F12N5O. The number of hydrogen-bond acceptors (Lipinski definition) is 6. The Morgan fingerprint density at radius 1 is 0.810 bits per heavy atom. The molecule has 0 saturated heterocycles. The fourth-order valence-corrected chi connectivity index (χ4v) is 4.65. The van der Waals surface area contributed by atoms with Gasteiger partial charge in [-0.1, -0.05) is 35.3 Å². The predicted molar refractivity (Wildman–Crippen MR) is 125 cm³/mol. The van der Waals surface area contributed by atoms with E-state index >= 15 is 0 Å². The van der Waals surface area contributed by atoms with Crippen LogP contribution in [0.25, 0.3) is 0 Å². The summed E-state index contributed by atoms with van der Waals surface area (Å²) in [6.45, 7) is -0.728. The second-order valence-corrected chi connectivity index (χ2v) is 9.28. The Bertz CT molecular complexity index is 1450. The molecule has 42 heavy (non-hydrogen) atoms. The zero-order valence-corrected chi connectivity index (χ0v) is 21.3. The van der Waals surface area contributed by atoms with Crippen molar-refractivity contribution >= 4 is 40.4 Å². The average molecular weight is 660 g/mol. The number of amidine groups is 1. The Kier molecular flexibility index (Phi) is 7.82. The maximum absolute atomic E-state index is 14.0. The second kappa shape index (κ2) is 10.4. The van der Waals surface area contributed by atoms with Crippen LogP contribution in [0.2, 0.25) is 10.0 Å². The number of halogens is 14. The molecule has 2 aliphatic heterocycles. The fourth-order valence-electron chi connectivity index (χ4n) is 4.00. The van der Waals surface area contributed by atoms with Crippen molar-refractivity contribution in [3.8, 4) is 5.75 Å². The lowest BCUT2D eigenvalue weighted by molar-refractivity contribution is -0.274. The van der Waals surface area contributed by atoms with E-state index in [1.807, 2.05) is 0 Å². The minimum absolute atomic E-state index is 0.0393. The Morgan fingerprint density at radius 3 is 1.81 bits per heavy atom. The number of nitrogens with zero attached hydrogens (tertiary/aromatic N) is 4. The van der Waals surface area contributed by atoms with E-state index < -0.39 is 87.6 Å². The highest BCUT2D eigenvalue weighted by Crippen LogP contribution is 2.47. The van der Waals surface area contributed by atoms with Gasteiger partial charge < -0.3 is 10.5 Å². The van der Waals surface area contributed by atoms with E-state index in [0.717, 1.165) is 24.3 Å². The monoisotopic (exact) mass is 659 g/mol. The molecule has 0 radical (unpaired) electrons. The van der Waals surface area contributed by atoms with E-state index in [9.17, 15) is 52.7 Å². The zero-order valence-electron chi connectivity index (χ0n) is 19.8. The molecule has 0 aromatic heterocycles. The predicted octanol–water partition coefficient (Wildman–Crippen LogP) is 7.62. The smallest absolute Gasteiger partial charge is 0.406 e. The molecule has 1 atom stereocenters. The number of aliphatic imine (C=N–C) groups is 2. The number of rotatable bonds is 4. The van der Waals surface area contributed by atoms with Crippen molar-refractivity contribution in [2.45, 2.75) is 37.6 Å². The van der Waals surface area contributed by atoms with Crippen molar-refractivity contribution in [3.63, 3.8) is 0 Å². The number of hydrogen-bond donors (Lipinski definition) is 1. The van der Waals surface area contributed by atoms with Crippen molar-refractivity contribution < 1.29 is 57.4 Å². The van der Waals surface area contributed by atoms with E-state index in [0.29, 0.717) is 22.2 Å². The Hall–Kier alpha value is -3.38. The summed E-state index contributed by atoms with van der Waals surface area (Å²) >= 11 is 12.1. The highest BCUT2D eigenvalue weighted by atomic mass is 35.5. The standard InChI is InChI=1S/C22H11Cl2F12N5O/c23-11-5-9(19(25,26)27)6-12(24)14(11)41-16(37)13-15(20(28,29)30)38-18(21(31,32)33)39-17(13)40(41)7-8-1-3-10(4-2-8)42-22(34,35)36/h1-6,17H,7,37H2. The van der Waals surface area contributed by atoms with Crippen LogP contribution in [0.1, 0.15) is 11.1 Å². The van der Waals surface area contributed by atoms with Crippen LogP contribution < -0.4 is 15.5 Å². The largest absolute Gasteiger partial charge is 0.573 e. The molecule has 0 bridgehead atoms. The van der Waals surface area contributed by atoms with Gasteiger partial charge in [0.25, 0.3) is 0 Å². The third kappa shape index (κ3) is 6.34. The summed E-state index contributed by atoms with van der Waals surface area (Å²) in [5.41, 5.74) is 0.671. The first-order valence-corrected chi connectivity index (χ1v) is 11.6.